The summed E-state index contributed by atoms with van der Waals surface area (Å²) in [5, 5.41) is 2.92. The largest absolute Gasteiger partial charge is 0.496 e. The molecule has 0 saturated heterocycles. The van der Waals surface area contributed by atoms with Crippen molar-refractivity contribution < 1.29 is 9.53 Å². The van der Waals surface area contributed by atoms with Crippen LogP contribution < -0.4 is 10.1 Å². The number of carbonyl (C=O) groups is 1. The predicted octanol–water partition coefficient (Wildman–Crippen LogP) is 2.94. The smallest absolute Gasteiger partial charge is 0.255 e. The number of hydrogen-bond donors (Lipinski definition) is 1. The van der Waals surface area contributed by atoms with Gasteiger partial charge in [0.25, 0.3) is 5.91 Å². The van der Waals surface area contributed by atoms with E-state index in [2.05, 4.69) is 44.8 Å². The molecule has 3 rings (SSSR count). The minimum absolute atomic E-state index is 0.142. The Bertz CT molecular complexity index is 749. The topological polar surface area (TPSA) is 54.5 Å². The van der Waals surface area contributed by atoms with Crippen LogP contribution in [0.5, 0.6) is 5.75 Å². The third-order valence-electron chi connectivity index (χ3n) is 3.90. The summed E-state index contributed by atoms with van der Waals surface area (Å²) in [4.78, 5) is 19.1. The molecule has 23 heavy (non-hydrogen) atoms. The third-order valence-corrected chi connectivity index (χ3v) is 4.75. The second-order valence-corrected chi connectivity index (χ2v) is 6.78. The highest BCUT2D eigenvalue weighted by Gasteiger charge is 2.16. The van der Waals surface area contributed by atoms with E-state index in [0.717, 1.165) is 40.2 Å². The first-order chi connectivity index (χ1) is 11.1. The van der Waals surface area contributed by atoms with Crippen LogP contribution in [-0.2, 0) is 13.0 Å². The van der Waals surface area contributed by atoms with Crippen molar-refractivity contribution in [2.24, 2.45) is 0 Å². The molecule has 0 saturated carbocycles. The quantitative estimate of drug-likeness (QED) is 0.772. The lowest BCUT2D eigenvalue weighted by Gasteiger charge is -2.24. The highest BCUT2D eigenvalue weighted by atomic mass is 127. The lowest BCUT2D eigenvalue weighted by Crippen LogP contribution is -2.27. The van der Waals surface area contributed by atoms with E-state index >= 15 is 0 Å². The Balaban J connectivity index is 1.78. The van der Waals surface area contributed by atoms with Crippen LogP contribution >= 0.6 is 22.6 Å². The molecule has 6 heteroatoms. The number of ether oxygens (including phenoxy) is 1. The van der Waals surface area contributed by atoms with Gasteiger partial charge in [0.15, 0.2) is 0 Å². The summed E-state index contributed by atoms with van der Waals surface area (Å²) in [6.07, 6.45) is 2.69. The number of pyridine rings is 1. The number of fused-ring (bicyclic) bond motifs is 1. The molecule has 2 heterocycles. The van der Waals surface area contributed by atoms with Gasteiger partial charge in [0.05, 0.1) is 22.6 Å². The fourth-order valence-electron chi connectivity index (χ4n) is 2.65. The number of carbonyl (C=O) groups excluding carboxylic acids is 1. The molecule has 0 aliphatic carbocycles. The summed E-state index contributed by atoms with van der Waals surface area (Å²) in [5.41, 5.74) is 3.64. The predicted molar refractivity (Wildman–Crippen MR) is 97.9 cm³/mol. The number of aromatic nitrogens is 1. The van der Waals surface area contributed by atoms with Gasteiger partial charge < -0.3 is 15.0 Å². The minimum atomic E-state index is -0.142. The number of benzene rings is 1. The van der Waals surface area contributed by atoms with Gasteiger partial charge in [-0.25, -0.2) is 0 Å². The molecule has 1 amide bonds. The Morgan fingerprint density at radius 1 is 1.39 bits per heavy atom. The van der Waals surface area contributed by atoms with Gasteiger partial charge in [-0.2, -0.15) is 0 Å². The van der Waals surface area contributed by atoms with Crippen LogP contribution in [0.1, 0.15) is 21.6 Å². The van der Waals surface area contributed by atoms with Crippen molar-refractivity contribution in [3.05, 3.63) is 50.9 Å². The van der Waals surface area contributed by atoms with Gasteiger partial charge in [-0.15, -0.1) is 0 Å². The number of nitrogens with zero attached hydrogens (tertiary/aromatic N) is 2. The van der Waals surface area contributed by atoms with Crippen molar-refractivity contribution in [1.29, 1.82) is 0 Å². The number of likely N-dealkylation sites (N-methyl/N-ethyl adjacent to an activating group) is 1. The summed E-state index contributed by atoms with van der Waals surface area (Å²) in [5.74, 6) is 0.622. The van der Waals surface area contributed by atoms with Crippen LogP contribution in [0, 0.1) is 3.57 Å². The van der Waals surface area contributed by atoms with Gasteiger partial charge in [-0.1, -0.05) is 0 Å². The molecule has 0 spiro atoms. The van der Waals surface area contributed by atoms with Crippen LogP contribution in [0.3, 0.4) is 0 Å². The Morgan fingerprint density at radius 2 is 2.22 bits per heavy atom. The normalized spacial score (nSPS) is 14.2. The van der Waals surface area contributed by atoms with Gasteiger partial charge in [0, 0.05) is 30.8 Å². The lowest BCUT2D eigenvalue weighted by molar-refractivity contribution is 0.102. The summed E-state index contributed by atoms with van der Waals surface area (Å²) >= 11 is 2.16. The number of rotatable bonds is 3. The third kappa shape index (κ3) is 3.64. The number of nitrogens with one attached hydrogen (secondary N) is 1. The molecule has 2 aromatic rings. The van der Waals surface area contributed by atoms with Crippen molar-refractivity contribution in [2.75, 3.05) is 26.0 Å². The molecule has 0 atom stereocenters. The van der Waals surface area contributed by atoms with Crippen LogP contribution in [0.4, 0.5) is 5.69 Å². The van der Waals surface area contributed by atoms with Crippen LogP contribution in [-0.4, -0.2) is 36.5 Å². The van der Waals surface area contributed by atoms with Crippen molar-refractivity contribution in [3.8, 4) is 5.75 Å². The SMILES string of the molecule is COc1ccc(C(=O)Nc2cnc3c(c2)CN(C)CC3)cc1I. The molecule has 120 valence electrons. The maximum absolute atomic E-state index is 12.4. The van der Waals surface area contributed by atoms with E-state index in [1.165, 1.54) is 5.56 Å². The molecule has 0 fully saturated rings. The Kier molecular flexibility index (Phi) is 4.82. The Morgan fingerprint density at radius 3 is 2.96 bits per heavy atom. The van der Waals surface area contributed by atoms with E-state index in [1.807, 2.05) is 12.1 Å². The van der Waals surface area contributed by atoms with Crippen molar-refractivity contribution in [1.82, 2.24) is 9.88 Å². The average Bonchev–Trinajstić information content (AvgIpc) is 2.54. The Hall–Kier alpha value is -1.67. The standard InChI is InChI=1S/C17H18IN3O2/c1-21-6-5-15-12(10-21)7-13(9-19-15)20-17(22)11-3-4-16(23-2)14(18)8-11/h3-4,7-9H,5-6,10H2,1-2H3,(H,20,22). The van der Waals surface area contributed by atoms with Crippen LogP contribution in [0.25, 0.3) is 0 Å². The first kappa shape index (κ1) is 16.2. The maximum atomic E-state index is 12.4. The second kappa shape index (κ2) is 6.84. The molecule has 0 radical (unpaired) electrons. The number of halogens is 1. The highest BCUT2D eigenvalue weighted by molar-refractivity contribution is 14.1. The number of amides is 1. The number of methoxy groups -OCH3 is 1. The van der Waals surface area contributed by atoms with Gasteiger partial charge in [-0.05, 0) is 59.5 Å². The first-order valence-corrected chi connectivity index (χ1v) is 8.46. The molecule has 0 unspecified atom stereocenters. The first-order valence-electron chi connectivity index (χ1n) is 7.38. The maximum Gasteiger partial charge on any atom is 0.255 e. The van der Waals surface area contributed by atoms with Gasteiger partial charge >= 0.3 is 0 Å². The highest BCUT2D eigenvalue weighted by Crippen LogP contribution is 2.23. The van der Waals surface area contributed by atoms with Crippen molar-refractivity contribution in [3.63, 3.8) is 0 Å². The number of anilines is 1. The zero-order valence-electron chi connectivity index (χ0n) is 13.1. The summed E-state index contributed by atoms with van der Waals surface area (Å²) < 4.78 is 6.12. The van der Waals surface area contributed by atoms with Gasteiger partial charge in [0.1, 0.15) is 5.75 Å². The molecule has 1 aliphatic heterocycles. The van der Waals surface area contributed by atoms with E-state index in [9.17, 15) is 4.79 Å². The summed E-state index contributed by atoms with van der Waals surface area (Å²) in [7, 11) is 3.71. The van der Waals surface area contributed by atoms with E-state index in [1.54, 1.807) is 25.4 Å². The minimum Gasteiger partial charge on any atom is -0.496 e. The monoisotopic (exact) mass is 423 g/mol. The molecular weight excluding hydrogens is 405 g/mol. The lowest BCUT2D eigenvalue weighted by atomic mass is 10.1. The van der Waals surface area contributed by atoms with E-state index in [0.29, 0.717) is 5.56 Å². The van der Waals surface area contributed by atoms with Crippen LogP contribution in [0.2, 0.25) is 0 Å². The average molecular weight is 423 g/mol. The fourth-order valence-corrected chi connectivity index (χ4v) is 3.38. The number of hydrogen-bond acceptors (Lipinski definition) is 4. The van der Waals surface area contributed by atoms with E-state index < -0.39 is 0 Å². The zero-order valence-corrected chi connectivity index (χ0v) is 15.3. The fraction of sp³-hybridized carbons (Fsp3) is 0.294. The molecule has 5 nitrogen and oxygen atoms in total. The van der Waals surface area contributed by atoms with Gasteiger partial charge in [0.2, 0.25) is 0 Å². The Labute approximate surface area is 149 Å². The molecular formula is C17H18IN3O2. The van der Waals surface area contributed by atoms with Crippen molar-refractivity contribution in [2.45, 2.75) is 13.0 Å². The van der Waals surface area contributed by atoms with E-state index in [4.69, 9.17) is 4.74 Å². The van der Waals surface area contributed by atoms with Crippen LogP contribution in [0.15, 0.2) is 30.5 Å². The summed E-state index contributed by atoms with van der Waals surface area (Å²) in [6, 6.07) is 7.39. The van der Waals surface area contributed by atoms with Crippen molar-refractivity contribution >= 4 is 34.2 Å². The molecule has 1 aromatic heterocycles. The zero-order chi connectivity index (χ0) is 16.4. The second-order valence-electron chi connectivity index (χ2n) is 5.62. The van der Waals surface area contributed by atoms with E-state index in [-0.39, 0.29) is 5.91 Å². The molecule has 0 bridgehead atoms. The molecule has 1 aromatic carbocycles. The molecule has 1 aliphatic rings. The van der Waals surface area contributed by atoms with Gasteiger partial charge in [-0.3, -0.25) is 9.78 Å². The molecule has 1 N–H and O–H groups in total. The summed E-state index contributed by atoms with van der Waals surface area (Å²) in [6.45, 7) is 1.89.